The fraction of sp³-hybridized carbons (Fsp3) is 0.111. The molecule has 0 amide bonds. The summed E-state index contributed by atoms with van der Waals surface area (Å²) < 4.78 is 26.4. The van der Waals surface area contributed by atoms with Gasteiger partial charge >= 0.3 is 0 Å². The van der Waals surface area contributed by atoms with E-state index in [1.807, 2.05) is 0 Å². The van der Waals surface area contributed by atoms with Gasteiger partial charge in [-0.15, -0.1) is 11.3 Å². The highest BCUT2D eigenvalue weighted by molar-refractivity contribution is 9.08. The zero-order chi connectivity index (χ0) is 9.42. The molecule has 0 N–H and O–H groups in total. The van der Waals surface area contributed by atoms with Crippen LogP contribution < -0.4 is 0 Å². The molecule has 0 bridgehead atoms. The van der Waals surface area contributed by atoms with Crippen molar-refractivity contribution in [2.75, 3.05) is 0 Å². The van der Waals surface area contributed by atoms with Crippen molar-refractivity contribution < 1.29 is 8.78 Å². The van der Waals surface area contributed by atoms with Gasteiger partial charge in [0.2, 0.25) is 0 Å². The van der Waals surface area contributed by atoms with E-state index in [1.54, 1.807) is 6.07 Å². The van der Waals surface area contributed by atoms with Crippen molar-refractivity contribution in [3.63, 3.8) is 0 Å². The SMILES string of the molecule is Fc1cc(F)c2sc(CBr)cc2c1. The zero-order valence-corrected chi connectivity index (χ0v) is 8.88. The molecule has 2 aromatic rings. The van der Waals surface area contributed by atoms with E-state index < -0.39 is 11.6 Å². The Bertz CT molecular complexity index is 450. The molecule has 0 spiro atoms. The standard InChI is InChI=1S/C9H5BrF2S/c10-4-7-2-5-1-6(11)3-8(12)9(5)13-7/h1-3H,4H2. The summed E-state index contributed by atoms with van der Waals surface area (Å²) >= 11 is 4.62. The molecule has 0 atom stereocenters. The average molecular weight is 263 g/mol. The summed E-state index contributed by atoms with van der Waals surface area (Å²) in [6.45, 7) is 0. The topological polar surface area (TPSA) is 0 Å². The van der Waals surface area contributed by atoms with E-state index in [4.69, 9.17) is 0 Å². The van der Waals surface area contributed by atoms with Gasteiger partial charge in [0.15, 0.2) is 0 Å². The molecule has 1 aromatic carbocycles. The van der Waals surface area contributed by atoms with Crippen LogP contribution in [0.15, 0.2) is 18.2 Å². The van der Waals surface area contributed by atoms with Gasteiger partial charge in [0.1, 0.15) is 11.6 Å². The summed E-state index contributed by atoms with van der Waals surface area (Å²) in [4.78, 5) is 1.000. The third kappa shape index (κ3) is 1.60. The van der Waals surface area contributed by atoms with Crippen molar-refractivity contribution in [2.45, 2.75) is 5.33 Å². The third-order valence-corrected chi connectivity index (χ3v) is 3.85. The van der Waals surface area contributed by atoms with E-state index in [-0.39, 0.29) is 0 Å². The van der Waals surface area contributed by atoms with Crippen LogP contribution in [0.3, 0.4) is 0 Å². The quantitative estimate of drug-likeness (QED) is 0.680. The molecule has 68 valence electrons. The monoisotopic (exact) mass is 262 g/mol. The molecule has 4 heteroatoms. The summed E-state index contributed by atoms with van der Waals surface area (Å²) in [7, 11) is 0. The largest absolute Gasteiger partial charge is 0.207 e. The van der Waals surface area contributed by atoms with Gasteiger partial charge < -0.3 is 0 Å². The Morgan fingerprint density at radius 1 is 1.23 bits per heavy atom. The molecule has 1 heterocycles. The van der Waals surface area contributed by atoms with Crippen LogP contribution in [0.4, 0.5) is 8.78 Å². The van der Waals surface area contributed by atoms with Crippen LogP contribution in [0.5, 0.6) is 0 Å². The summed E-state index contributed by atoms with van der Waals surface area (Å²) in [6.07, 6.45) is 0. The minimum atomic E-state index is -0.524. The maximum absolute atomic E-state index is 13.2. The number of hydrogen-bond donors (Lipinski definition) is 0. The Kier molecular flexibility index (Phi) is 2.34. The first-order chi connectivity index (χ1) is 6.20. The zero-order valence-electron chi connectivity index (χ0n) is 6.48. The van der Waals surface area contributed by atoms with Gasteiger partial charge in [-0.2, -0.15) is 0 Å². The van der Waals surface area contributed by atoms with Crippen LogP contribution in [0.1, 0.15) is 4.88 Å². The number of benzene rings is 1. The minimum absolute atomic E-state index is 0.479. The van der Waals surface area contributed by atoms with E-state index in [0.717, 1.165) is 10.9 Å². The first kappa shape index (κ1) is 9.09. The van der Waals surface area contributed by atoms with E-state index in [9.17, 15) is 8.78 Å². The second-order valence-corrected chi connectivity index (χ2v) is 4.35. The highest BCUT2D eigenvalue weighted by atomic mass is 79.9. The van der Waals surface area contributed by atoms with Crippen molar-refractivity contribution in [2.24, 2.45) is 0 Å². The molecule has 0 unspecified atom stereocenters. The van der Waals surface area contributed by atoms with Crippen LogP contribution in [0.2, 0.25) is 0 Å². The van der Waals surface area contributed by atoms with Gasteiger partial charge in [0, 0.05) is 16.3 Å². The Balaban J connectivity index is 2.75. The molecule has 0 fully saturated rings. The van der Waals surface area contributed by atoms with Crippen molar-refractivity contribution in [3.05, 3.63) is 34.7 Å². The van der Waals surface area contributed by atoms with Crippen LogP contribution in [-0.2, 0) is 5.33 Å². The summed E-state index contributed by atoms with van der Waals surface area (Å²) in [5.41, 5.74) is 0. The second kappa shape index (κ2) is 3.35. The van der Waals surface area contributed by atoms with Crippen molar-refractivity contribution >= 4 is 37.4 Å². The predicted octanol–water partition coefficient (Wildman–Crippen LogP) is 4.07. The van der Waals surface area contributed by atoms with Gasteiger partial charge in [0.05, 0.1) is 4.70 Å². The highest BCUT2D eigenvalue weighted by Gasteiger charge is 2.07. The van der Waals surface area contributed by atoms with E-state index >= 15 is 0 Å². The van der Waals surface area contributed by atoms with Gasteiger partial charge in [-0.25, -0.2) is 8.78 Å². The van der Waals surface area contributed by atoms with Crippen molar-refractivity contribution in [1.82, 2.24) is 0 Å². The number of alkyl halides is 1. The molecule has 0 saturated heterocycles. The van der Waals surface area contributed by atoms with Gasteiger partial charge in [-0.3, -0.25) is 0 Å². The molecule has 0 radical (unpaired) electrons. The van der Waals surface area contributed by atoms with Crippen molar-refractivity contribution in [3.8, 4) is 0 Å². The van der Waals surface area contributed by atoms with E-state index in [1.165, 1.54) is 17.4 Å². The van der Waals surface area contributed by atoms with E-state index in [0.29, 0.717) is 15.4 Å². The van der Waals surface area contributed by atoms with Gasteiger partial charge in [0.25, 0.3) is 0 Å². The Morgan fingerprint density at radius 2 is 2.00 bits per heavy atom. The molecular weight excluding hydrogens is 258 g/mol. The number of rotatable bonds is 1. The molecule has 13 heavy (non-hydrogen) atoms. The van der Waals surface area contributed by atoms with Crippen LogP contribution in [0.25, 0.3) is 10.1 Å². The maximum Gasteiger partial charge on any atom is 0.143 e. The molecule has 1 aromatic heterocycles. The molecular formula is C9H5BrF2S. The van der Waals surface area contributed by atoms with E-state index in [2.05, 4.69) is 15.9 Å². The maximum atomic E-state index is 13.2. The normalized spacial score (nSPS) is 11.0. The van der Waals surface area contributed by atoms with Crippen LogP contribution in [0, 0.1) is 11.6 Å². The summed E-state index contributed by atoms with van der Waals surface area (Å²) in [5, 5.41) is 1.31. The molecule has 0 aliphatic rings. The number of halogens is 3. The van der Waals surface area contributed by atoms with Crippen LogP contribution >= 0.6 is 27.3 Å². The number of fused-ring (bicyclic) bond motifs is 1. The number of hydrogen-bond acceptors (Lipinski definition) is 1. The average Bonchev–Trinajstić information content (AvgIpc) is 2.47. The second-order valence-electron chi connectivity index (χ2n) is 2.65. The fourth-order valence-corrected chi connectivity index (χ4v) is 2.60. The third-order valence-electron chi connectivity index (χ3n) is 1.72. The first-order valence-corrected chi connectivity index (χ1v) is 5.58. The Hall–Kier alpha value is -0.480. The minimum Gasteiger partial charge on any atom is -0.207 e. The fourth-order valence-electron chi connectivity index (χ4n) is 1.20. The summed E-state index contributed by atoms with van der Waals surface area (Å²) in [6, 6.07) is 4.05. The lowest BCUT2D eigenvalue weighted by Crippen LogP contribution is -1.77. The van der Waals surface area contributed by atoms with Crippen molar-refractivity contribution in [1.29, 1.82) is 0 Å². The number of thiophene rings is 1. The summed E-state index contributed by atoms with van der Waals surface area (Å²) in [5.74, 6) is -1.00. The molecule has 0 aliphatic heterocycles. The van der Waals surface area contributed by atoms with Gasteiger partial charge in [-0.05, 0) is 17.5 Å². The molecule has 0 nitrogen and oxygen atoms in total. The lowest BCUT2D eigenvalue weighted by atomic mass is 10.2. The lowest BCUT2D eigenvalue weighted by Gasteiger charge is -1.91. The molecule has 2 rings (SSSR count). The smallest absolute Gasteiger partial charge is 0.143 e. The Labute approximate surface area is 86.3 Å². The molecule has 0 aliphatic carbocycles. The molecule has 0 saturated carbocycles. The lowest BCUT2D eigenvalue weighted by molar-refractivity contribution is 0.593. The van der Waals surface area contributed by atoms with Gasteiger partial charge in [-0.1, -0.05) is 15.9 Å². The highest BCUT2D eigenvalue weighted by Crippen LogP contribution is 2.29. The first-order valence-electron chi connectivity index (χ1n) is 3.64. The Morgan fingerprint density at radius 3 is 2.69 bits per heavy atom. The van der Waals surface area contributed by atoms with Crippen LogP contribution in [-0.4, -0.2) is 0 Å². The predicted molar refractivity (Wildman–Crippen MR) is 54.4 cm³/mol.